The zero-order valence-corrected chi connectivity index (χ0v) is 20.8. The molecule has 35 heavy (non-hydrogen) atoms. The van der Waals surface area contributed by atoms with Gasteiger partial charge < -0.3 is 14.6 Å². The molecule has 0 saturated carbocycles. The van der Waals surface area contributed by atoms with E-state index in [1.165, 1.54) is 5.56 Å². The van der Waals surface area contributed by atoms with Crippen molar-refractivity contribution in [1.29, 1.82) is 0 Å². The second-order valence-corrected chi connectivity index (χ2v) is 9.60. The molecule has 7 heteroatoms. The summed E-state index contributed by atoms with van der Waals surface area (Å²) in [6.07, 6.45) is 0. The Bertz CT molecular complexity index is 1530. The molecule has 1 amide bonds. The van der Waals surface area contributed by atoms with Crippen molar-refractivity contribution < 1.29 is 14.1 Å². The first-order chi connectivity index (χ1) is 16.9. The van der Waals surface area contributed by atoms with E-state index < -0.39 is 0 Å². The predicted molar refractivity (Wildman–Crippen MR) is 139 cm³/mol. The summed E-state index contributed by atoms with van der Waals surface area (Å²) < 4.78 is 12.5. The van der Waals surface area contributed by atoms with E-state index in [1.54, 1.807) is 18.3 Å². The molecule has 5 aromatic rings. The summed E-state index contributed by atoms with van der Waals surface area (Å²) in [6.45, 7) is 8.10. The van der Waals surface area contributed by atoms with Gasteiger partial charge in [0.25, 0.3) is 5.91 Å². The van der Waals surface area contributed by atoms with Crippen LogP contribution in [0.3, 0.4) is 0 Å². The molecule has 2 heterocycles. The van der Waals surface area contributed by atoms with E-state index in [1.807, 2.05) is 62.4 Å². The highest BCUT2D eigenvalue weighted by atomic mass is 32.1. The van der Waals surface area contributed by atoms with Crippen molar-refractivity contribution in [1.82, 2.24) is 10.1 Å². The van der Waals surface area contributed by atoms with Crippen molar-refractivity contribution in [3.8, 4) is 16.3 Å². The quantitative estimate of drug-likeness (QED) is 0.281. The number of amides is 1. The number of fused-ring (bicyclic) bond motifs is 1. The summed E-state index contributed by atoms with van der Waals surface area (Å²) in [5, 5.41) is 7.84. The second kappa shape index (κ2) is 9.35. The van der Waals surface area contributed by atoms with E-state index in [4.69, 9.17) is 14.2 Å². The van der Waals surface area contributed by atoms with Crippen LogP contribution in [0.4, 0.5) is 5.69 Å². The Morgan fingerprint density at radius 1 is 1.03 bits per heavy atom. The highest BCUT2D eigenvalue weighted by Gasteiger charge is 2.21. The molecule has 0 bridgehead atoms. The Kier molecular flexibility index (Phi) is 6.09. The third-order valence-corrected chi connectivity index (χ3v) is 7.13. The highest BCUT2D eigenvalue weighted by molar-refractivity contribution is 7.21. The second-order valence-electron chi connectivity index (χ2n) is 8.57. The molecule has 0 aliphatic heterocycles. The van der Waals surface area contributed by atoms with Crippen LogP contribution in [0, 0.1) is 27.7 Å². The first-order valence-corrected chi connectivity index (χ1v) is 12.1. The zero-order valence-electron chi connectivity index (χ0n) is 20.0. The molecule has 3 aromatic carbocycles. The topological polar surface area (TPSA) is 77.3 Å². The summed E-state index contributed by atoms with van der Waals surface area (Å²) in [5.41, 5.74) is 6.93. The molecule has 0 aliphatic rings. The molecule has 0 fully saturated rings. The Morgan fingerprint density at radius 2 is 1.83 bits per heavy atom. The summed E-state index contributed by atoms with van der Waals surface area (Å²) >= 11 is 1.66. The van der Waals surface area contributed by atoms with Gasteiger partial charge in [-0.05, 0) is 86.8 Å². The number of carbonyl (C=O) groups is 1. The number of ether oxygens (including phenoxy) is 1. The minimum Gasteiger partial charge on any atom is -0.488 e. The Balaban J connectivity index is 1.30. The largest absolute Gasteiger partial charge is 0.488 e. The van der Waals surface area contributed by atoms with Gasteiger partial charge in [-0.25, -0.2) is 4.98 Å². The SMILES string of the molecule is Cc1ccc2nc(-c3ccc(NC(=O)c4noc(C)c4COc4cccc(C)c4C)cc3)sc2c1. The maximum atomic E-state index is 13.0. The Morgan fingerprint density at radius 3 is 2.63 bits per heavy atom. The van der Waals surface area contributed by atoms with Crippen molar-refractivity contribution >= 4 is 33.1 Å². The fraction of sp³-hybridized carbons (Fsp3) is 0.179. The molecule has 0 saturated heterocycles. The van der Waals surface area contributed by atoms with Crippen LogP contribution in [0.2, 0.25) is 0 Å². The van der Waals surface area contributed by atoms with Crippen LogP contribution in [0.1, 0.15) is 38.5 Å². The molecule has 0 spiro atoms. The fourth-order valence-electron chi connectivity index (χ4n) is 3.81. The minimum absolute atomic E-state index is 0.193. The van der Waals surface area contributed by atoms with Crippen LogP contribution in [0.25, 0.3) is 20.8 Å². The maximum Gasteiger partial charge on any atom is 0.278 e. The van der Waals surface area contributed by atoms with E-state index >= 15 is 0 Å². The van der Waals surface area contributed by atoms with Crippen molar-refractivity contribution in [3.05, 3.63) is 94.4 Å². The lowest BCUT2D eigenvalue weighted by molar-refractivity contribution is 0.101. The number of nitrogens with zero attached hydrogens (tertiary/aromatic N) is 2. The van der Waals surface area contributed by atoms with Gasteiger partial charge in [-0.2, -0.15) is 0 Å². The van der Waals surface area contributed by atoms with E-state index in [0.29, 0.717) is 17.0 Å². The molecule has 2 aromatic heterocycles. The van der Waals surface area contributed by atoms with Gasteiger partial charge in [0.2, 0.25) is 0 Å². The molecule has 5 rings (SSSR count). The van der Waals surface area contributed by atoms with Gasteiger partial charge >= 0.3 is 0 Å². The molecule has 0 atom stereocenters. The predicted octanol–water partition coefficient (Wildman–Crippen LogP) is 7.02. The van der Waals surface area contributed by atoms with Gasteiger partial charge in [-0.1, -0.05) is 23.4 Å². The summed E-state index contributed by atoms with van der Waals surface area (Å²) in [6, 6.07) is 19.8. The summed E-state index contributed by atoms with van der Waals surface area (Å²) in [4.78, 5) is 17.7. The third kappa shape index (κ3) is 4.68. The molecule has 0 aliphatic carbocycles. The molecule has 0 radical (unpaired) electrons. The number of hydrogen-bond donors (Lipinski definition) is 1. The number of anilines is 1. The average molecular weight is 484 g/mol. The van der Waals surface area contributed by atoms with Gasteiger partial charge in [0, 0.05) is 11.3 Å². The van der Waals surface area contributed by atoms with E-state index in [-0.39, 0.29) is 18.2 Å². The van der Waals surface area contributed by atoms with Crippen molar-refractivity contribution in [2.45, 2.75) is 34.3 Å². The summed E-state index contributed by atoms with van der Waals surface area (Å²) in [7, 11) is 0. The molecule has 6 nitrogen and oxygen atoms in total. The summed E-state index contributed by atoms with van der Waals surface area (Å²) in [5.74, 6) is 0.990. The number of aryl methyl sites for hydroxylation is 3. The van der Waals surface area contributed by atoms with Crippen molar-refractivity contribution in [2.24, 2.45) is 0 Å². The number of hydrogen-bond acceptors (Lipinski definition) is 6. The van der Waals surface area contributed by atoms with Gasteiger partial charge in [0.1, 0.15) is 23.1 Å². The smallest absolute Gasteiger partial charge is 0.278 e. The first-order valence-electron chi connectivity index (χ1n) is 11.3. The first kappa shape index (κ1) is 22.8. The standard InChI is InChI=1S/C28H25N3O3S/c1-16-8-13-23-25(14-16)35-28(30-23)20-9-11-21(12-10-20)29-27(32)26-22(19(4)34-31-26)15-33-24-7-5-6-17(2)18(24)3/h5-14H,15H2,1-4H3,(H,29,32). The number of thiazole rings is 1. The van der Waals surface area contributed by atoms with Crippen molar-refractivity contribution in [3.63, 3.8) is 0 Å². The van der Waals surface area contributed by atoms with Crippen LogP contribution in [-0.4, -0.2) is 16.0 Å². The van der Waals surface area contributed by atoms with Crippen LogP contribution in [0.15, 0.2) is 65.2 Å². The lowest BCUT2D eigenvalue weighted by Crippen LogP contribution is -2.15. The zero-order chi connectivity index (χ0) is 24.5. The van der Waals surface area contributed by atoms with Gasteiger partial charge in [-0.3, -0.25) is 4.79 Å². The fourth-order valence-corrected chi connectivity index (χ4v) is 4.88. The average Bonchev–Trinajstić information content (AvgIpc) is 3.43. The third-order valence-electron chi connectivity index (χ3n) is 6.06. The lowest BCUT2D eigenvalue weighted by Gasteiger charge is -2.11. The molecule has 1 N–H and O–H groups in total. The van der Waals surface area contributed by atoms with E-state index in [0.717, 1.165) is 37.7 Å². The van der Waals surface area contributed by atoms with Crippen LogP contribution < -0.4 is 10.1 Å². The number of carbonyl (C=O) groups excluding carboxylic acids is 1. The van der Waals surface area contributed by atoms with Gasteiger partial charge in [0.05, 0.1) is 15.8 Å². The molecular weight excluding hydrogens is 458 g/mol. The van der Waals surface area contributed by atoms with E-state index in [9.17, 15) is 4.79 Å². The number of benzene rings is 3. The highest BCUT2D eigenvalue weighted by Crippen LogP contribution is 2.31. The van der Waals surface area contributed by atoms with Crippen LogP contribution in [0.5, 0.6) is 5.75 Å². The van der Waals surface area contributed by atoms with Crippen molar-refractivity contribution in [2.75, 3.05) is 5.32 Å². The normalized spacial score (nSPS) is 11.1. The monoisotopic (exact) mass is 483 g/mol. The number of rotatable bonds is 6. The lowest BCUT2D eigenvalue weighted by atomic mass is 10.1. The number of aromatic nitrogens is 2. The van der Waals surface area contributed by atoms with E-state index in [2.05, 4.69) is 29.5 Å². The number of nitrogens with one attached hydrogen (secondary N) is 1. The Hall–Kier alpha value is -3.97. The molecular formula is C28H25N3O3S. The maximum absolute atomic E-state index is 13.0. The molecule has 176 valence electrons. The minimum atomic E-state index is -0.343. The molecule has 0 unspecified atom stereocenters. The Labute approximate surface area is 207 Å². The van der Waals surface area contributed by atoms with Gasteiger partial charge in [-0.15, -0.1) is 11.3 Å². The van der Waals surface area contributed by atoms with Gasteiger partial charge in [0.15, 0.2) is 5.69 Å². The van der Waals surface area contributed by atoms with Crippen LogP contribution >= 0.6 is 11.3 Å². The van der Waals surface area contributed by atoms with Crippen LogP contribution in [-0.2, 0) is 6.61 Å².